The third-order valence-electron chi connectivity index (χ3n) is 10.1. The van der Waals surface area contributed by atoms with E-state index in [4.69, 9.17) is 5.73 Å². The van der Waals surface area contributed by atoms with Crippen molar-refractivity contribution in [3.63, 3.8) is 0 Å². The van der Waals surface area contributed by atoms with Crippen LogP contribution in [0.2, 0.25) is 0 Å². The fraction of sp³-hybridized carbons (Fsp3) is 0.441. The molecule has 2 fully saturated rings. The Bertz CT molecular complexity index is 1660. The molecule has 3 atom stereocenters. The zero-order chi connectivity index (χ0) is 32.0. The van der Waals surface area contributed by atoms with Crippen LogP contribution in [-0.4, -0.2) is 54.4 Å². The van der Waals surface area contributed by atoms with Crippen molar-refractivity contribution in [2.24, 2.45) is 23.5 Å². The molecule has 45 heavy (non-hydrogen) atoms. The Morgan fingerprint density at radius 2 is 1.82 bits per heavy atom. The third kappa shape index (κ3) is 5.18. The molecule has 0 bridgehead atoms. The molecule has 0 saturated heterocycles. The molecule has 4 aliphatic rings. The molecule has 0 radical (unpaired) electrons. The van der Waals surface area contributed by atoms with E-state index in [0.717, 1.165) is 24.8 Å². The van der Waals surface area contributed by atoms with Gasteiger partial charge in [0.1, 0.15) is 22.8 Å². The minimum Gasteiger partial charge on any atom is -0.508 e. The van der Waals surface area contributed by atoms with Gasteiger partial charge in [0.2, 0.25) is 5.78 Å². The topological polar surface area (TPSA) is 200 Å². The van der Waals surface area contributed by atoms with Crippen LogP contribution in [-0.2, 0) is 33.8 Å². The van der Waals surface area contributed by atoms with Gasteiger partial charge in [0.15, 0.2) is 11.4 Å². The molecule has 11 heteroatoms. The number of Topliss-reactive ketones (excluding diaryl/α,β-unsaturated/α-hetero) is 2. The Labute approximate surface area is 259 Å². The van der Waals surface area contributed by atoms with Crippen molar-refractivity contribution in [1.29, 1.82) is 0 Å². The third-order valence-corrected chi connectivity index (χ3v) is 10.1. The zero-order valence-electron chi connectivity index (χ0n) is 24.8. The number of rotatable bonds is 7. The van der Waals surface area contributed by atoms with E-state index in [1.807, 2.05) is 6.07 Å². The van der Waals surface area contributed by atoms with Gasteiger partial charge in [0.25, 0.3) is 11.8 Å². The Hall–Kier alpha value is -4.51. The van der Waals surface area contributed by atoms with Crippen molar-refractivity contribution in [3.05, 3.63) is 75.3 Å². The van der Waals surface area contributed by atoms with E-state index in [1.165, 1.54) is 25.5 Å². The number of nitrogens with two attached hydrogens (primary N) is 1. The van der Waals surface area contributed by atoms with E-state index in [2.05, 4.69) is 10.3 Å². The summed E-state index contributed by atoms with van der Waals surface area (Å²) in [6, 6.07) is 5.09. The first kappa shape index (κ1) is 30.5. The van der Waals surface area contributed by atoms with Gasteiger partial charge in [-0.25, -0.2) is 0 Å². The van der Waals surface area contributed by atoms with Gasteiger partial charge in [-0.2, -0.15) is 0 Å². The van der Waals surface area contributed by atoms with Gasteiger partial charge >= 0.3 is 0 Å². The number of hydrogen-bond donors (Lipinski definition) is 6. The first-order valence-corrected chi connectivity index (χ1v) is 15.5. The van der Waals surface area contributed by atoms with Crippen LogP contribution in [0.25, 0.3) is 5.76 Å². The maximum absolute atomic E-state index is 13.9. The Kier molecular flexibility index (Phi) is 7.98. The number of phenolic OH excluding ortho intramolecular Hbond substituents is 1. The van der Waals surface area contributed by atoms with Crippen molar-refractivity contribution >= 4 is 29.1 Å². The van der Waals surface area contributed by atoms with Crippen molar-refractivity contribution in [1.82, 2.24) is 10.3 Å². The van der Waals surface area contributed by atoms with Crippen LogP contribution in [0, 0.1) is 17.8 Å². The quantitative estimate of drug-likeness (QED) is 0.253. The van der Waals surface area contributed by atoms with Crippen LogP contribution in [0.1, 0.15) is 84.0 Å². The number of nitrogens with zero attached hydrogens (tertiary/aromatic N) is 1. The standard InChI is InChI=1S/C34H37N3O8/c35-32(43)27-24(38)14-22-12-20-13-23-18(9-8-17-5-2-1-3-6-17)11-21(16-37-33(44)19-7-4-10-36-15-19)28(39)26(23)29(40)25(20)30(41)34(22,45)31(27)42/h4,7,10-11,15,17,20,22,39-40,42,45H,1-3,5-6,8-9,12-14,16H2,(H2,35,43)(H,37,44). The summed E-state index contributed by atoms with van der Waals surface area (Å²) in [5, 5.41) is 48.4. The lowest BCUT2D eigenvalue weighted by atomic mass is 9.59. The van der Waals surface area contributed by atoms with Crippen molar-refractivity contribution in [2.75, 3.05) is 0 Å². The maximum Gasteiger partial charge on any atom is 0.255 e. The minimum atomic E-state index is -2.62. The number of nitrogens with one attached hydrogen (secondary N) is 1. The molecule has 0 aliphatic heterocycles. The lowest BCUT2D eigenvalue weighted by molar-refractivity contribution is -0.147. The lowest BCUT2D eigenvalue weighted by Gasteiger charge is -2.46. The monoisotopic (exact) mass is 615 g/mol. The number of carbonyl (C=O) groups excluding carboxylic acids is 4. The molecular weight excluding hydrogens is 578 g/mol. The Balaban J connectivity index is 1.41. The second-order valence-electron chi connectivity index (χ2n) is 12.8. The summed E-state index contributed by atoms with van der Waals surface area (Å²) in [7, 11) is 0. The number of primary amides is 1. The second-order valence-corrected chi connectivity index (χ2v) is 12.8. The largest absolute Gasteiger partial charge is 0.508 e. The predicted octanol–water partition coefficient (Wildman–Crippen LogP) is 3.26. The van der Waals surface area contributed by atoms with Gasteiger partial charge in [0.05, 0.1) is 11.1 Å². The van der Waals surface area contributed by atoms with E-state index in [0.29, 0.717) is 29.0 Å². The molecule has 2 amide bonds. The molecule has 236 valence electrons. The number of fused-ring (bicyclic) bond motifs is 3. The van der Waals surface area contributed by atoms with Gasteiger partial charge < -0.3 is 31.5 Å². The van der Waals surface area contributed by atoms with Crippen LogP contribution in [0.15, 0.2) is 47.5 Å². The summed E-state index contributed by atoms with van der Waals surface area (Å²) in [6.45, 7) is -0.0666. The predicted molar refractivity (Wildman–Crippen MR) is 162 cm³/mol. The number of phenols is 1. The first-order chi connectivity index (χ1) is 21.5. The fourth-order valence-corrected chi connectivity index (χ4v) is 7.80. The average molecular weight is 616 g/mol. The van der Waals surface area contributed by atoms with Crippen LogP contribution in [0.4, 0.5) is 0 Å². The highest BCUT2D eigenvalue weighted by Crippen LogP contribution is 2.53. The highest BCUT2D eigenvalue weighted by atomic mass is 16.3. The SMILES string of the molecule is NC(=O)C1=C(O)C2(O)C(=O)C3=C(O)c4c(O)c(CNC(=O)c5cccnc5)cc(CCC5CCCCC5)c4CC3CC2CC1=O. The van der Waals surface area contributed by atoms with Crippen LogP contribution < -0.4 is 11.1 Å². The fourth-order valence-electron chi connectivity index (χ4n) is 7.80. The summed E-state index contributed by atoms with van der Waals surface area (Å²) >= 11 is 0. The summed E-state index contributed by atoms with van der Waals surface area (Å²) in [6.07, 6.45) is 10.4. The molecule has 3 unspecified atom stereocenters. The van der Waals surface area contributed by atoms with E-state index < -0.39 is 57.9 Å². The average Bonchev–Trinajstić information content (AvgIpc) is 3.02. The van der Waals surface area contributed by atoms with Gasteiger partial charge in [0, 0.05) is 42.4 Å². The van der Waals surface area contributed by atoms with Gasteiger partial charge in [-0.3, -0.25) is 24.2 Å². The molecule has 2 saturated carbocycles. The molecule has 1 aromatic carbocycles. The molecule has 0 spiro atoms. The van der Waals surface area contributed by atoms with E-state index in [-0.39, 0.29) is 42.7 Å². The molecular formula is C34H37N3O8. The molecule has 11 nitrogen and oxygen atoms in total. The lowest BCUT2D eigenvalue weighted by Crippen LogP contribution is -2.58. The number of aliphatic hydroxyl groups is 3. The number of benzene rings is 1. The number of aromatic hydroxyl groups is 1. The second kappa shape index (κ2) is 11.8. The van der Waals surface area contributed by atoms with Crippen LogP contribution in [0.3, 0.4) is 0 Å². The summed E-state index contributed by atoms with van der Waals surface area (Å²) in [5.74, 6) is -6.46. The number of amides is 2. The van der Waals surface area contributed by atoms with E-state index >= 15 is 0 Å². The Morgan fingerprint density at radius 1 is 1.07 bits per heavy atom. The maximum atomic E-state index is 13.9. The number of aromatic nitrogens is 1. The van der Waals surface area contributed by atoms with Gasteiger partial charge in [-0.05, 0) is 60.8 Å². The number of ketones is 2. The number of pyridine rings is 1. The summed E-state index contributed by atoms with van der Waals surface area (Å²) in [5.41, 5.74) is 3.96. The van der Waals surface area contributed by atoms with Crippen molar-refractivity contribution in [3.8, 4) is 5.75 Å². The first-order valence-electron chi connectivity index (χ1n) is 15.5. The molecule has 1 aromatic heterocycles. The molecule has 6 rings (SSSR count). The van der Waals surface area contributed by atoms with Crippen molar-refractivity contribution < 1.29 is 39.6 Å². The van der Waals surface area contributed by atoms with E-state index in [9.17, 15) is 39.6 Å². The van der Waals surface area contributed by atoms with Gasteiger partial charge in [-0.1, -0.05) is 38.2 Å². The van der Waals surface area contributed by atoms with E-state index in [1.54, 1.807) is 18.3 Å². The number of aryl methyl sites for hydroxylation is 1. The molecule has 2 aromatic rings. The molecule has 7 N–H and O–H groups in total. The van der Waals surface area contributed by atoms with Gasteiger partial charge in [-0.15, -0.1) is 0 Å². The van der Waals surface area contributed by atoms with Crippen molar-refractivity contribution in [2.45, 2.75) is 76.4 Å². The normalized spacial score (nSPS) is 25.0. The highest BCUT2D eigenvalue weighted by Gasteiger charge is 2.60. The number of aliphatic hydroxyl groups excluding tert-OH is 2. The molecule has 4 aliphatic carbocycles. The smallest absolute Gasteiger partial charge is 0.255 e. The highest BCUT2D eigenvalue weighted by molar-refractivity contribution is 6.22. The van der Waals surface area contributed by atoms with Crippen LogP contribution in [0.5, 0.6) is 5.75 Å². The van der Waals surface area contributed by atoms with Crippen LogP contribution >= 0.6 is 0 Å². The molecule has 1 heterocycles. The summed E-state index contributed by atoms with van der Waals surface area (Å²) in [4.78, 5) is 55.3. The number of hydrogen-bond acceptors (Lipinski definition) is 9. The Morgan fingerprint density at radius 3 is 2.51 bits per heavy atom. The summed E-state index contributed by atoms with van der Waals surface area (Å²) < 4.78 is 0. The minimum absolute atomic E-state index is 0.0499. The zero-order valence-corrected chi connectivity index (χ0v) is 24.8. The number of carbonyl (C=O) groups is 4.